The summed E-state index contributed by atoms with van der Waals surface area (Å²) >= 11 is 0. The minimum Gasteiger partial charge on any atom is -0.500 e. The molecule has 14 heavy (non-hydrogen) atoms. The molecule has 0 spiro atoms. The van der Waals surface area contributed by atoms with Crippen molar-refractivity contribution in [2.75, 3.05) is 7.11 Å². The van der Waals surface area contributed by atoms with E-state index in [9.17, 15) is 0 Å². The lowest BCUT2D eigenvalue weighted by atomic mass is 10.1. The number of methoxy groups -OCH3 is 1. The van der Waals surface area contributed by atoms with Crippen LogP contribution in [0.25, 0.3) is 5.57 Å². The molecule has 0 N–H and O–H groups in total. The molecule has 0 aliphatic carbocycles. The molecule has 0 unspecified atom stereocenters. The third-order valence-electron chi connectivity index (χ3n) is 2.02. The number of ether oxygens (including phenoxy) is 1. The van der Waals surface area contributed by atoms with Crippen LogP contribution in [0.2, 0.25) is 0 Å². The average molecular weight is 187 g/mol. The van der Waals surface area contributed by atoms with Crippen LogP contribution in [0.4, 0.5) is 0 Å². The number of allylic oxidation sites excluding steroid dienone is 2. The third-order valence-corrected chi connectivity index (χ3v) is 2.02. The highest BCUT2D eigenvalue weighted by molar-refractivity contribution is 5.78. The molecular weight excluding hydrogens is 174 g/mol. The van der Waals surface area contributed by atoms with Crippen LogP contribution in [0.3, 0.4) is 0 Å². The Bertz CT molecular complexity index is 354. The summed E-state index contributed by atoms with van der Waals surface area (Å²) in [7, 11) is 1.60. The van der Waals surface area contributed by atoms with Gasteiger partial charge in [0, 0.05) is 6.42 Å². The summed E-state index contributed by atoms with van der Waals surface area (Å²) in [5.74, 6) is 0.735. The summed E-state index contributed by atoms with van der Waals surface area (Å²) in [6.07, 6.45) is 0.730. The fourth-order valence-electron chi connectivity index (χ4n) is 1.32. The smallest absolute Gasteiger partial charge is 0.114 e. The fourth-order valence-corrected chi connectivity index (χ4v) is 1.32. The van der Waals surface area contributed by atoms with Gasteiger partial charge in [-0.2, -0.15) is 5.26 Å². The van der Waals surface area contributed by atoms with Crippen LogP contribution >= 0.6 is 0 Å². The SMILES string of the molecule is CC/C(OC)=C(/C#N)c1ccccc1. The van der Waals surface area contributed by atoms with Crippen molar-refractivity contribution < 1.29 is 4.74 Å². The molecule has 1 aromatic rings. The quantitative estimate of drug-likeness (QED) is 0.538. The molecule has 0 amide bonds. The highest BCUT2D eigenvalue weighted by Gasteiger charge is 2.06. The first kappa shape index (κ1) is 10.3. The van der Waals surface area contributed by atoms with Crippen LogP contribution < -0.4 is 0 Å². The number of hydrogen-bond donors (Lipinski definition) is 0. The van der Waals surface area contributed by atoms with E-state index in [1.165, 1.54) is 0 Å². The van der Waals surface area contributed by atoms with Crippen LogP contribution in [0.5, 0.6) is 0 Å². The summed E-state index contributed by atoms with van der Waals surface area (Å²) in [5.41, 5.74) is 1.53. The summed E-state index contributed by atoms with van der Waals surface area (Å²) in [6.45, 7) is 1.97. The Morgan fingerprint density at radius 3 is 2.43 bits per heavy atom. The van der Waals surface area contributed by atoms with Gasteiger partial charge in [-0.05, 0) is 5.56 Å². The fraction of sp³-hybridized carbons (Fsp3) is 0.250. The maximum absolute atomic E-state index is 9.02. The second kappa shape index (κ2) is 5.08. The predicted molar refractivity (Wildman–Crippen MR) is 56.3 cm³/mol. The summed E-state index contributed by atoms with van der Waals surface area (Å²) in [6, 6.07) is 11.7. The van der Waals surface area contributed by atoms with Gasteiger partial charge in [0.05, 0.1) is 12.7 Å². The maximum Gasteiger partial charge on any atom is 0.114 e. The number of benzene rings is 1. The van der Waals surface area contributed by atoms with Crippen LogP contribution in [-0.4, -0.2) is 7.11 Å². The Balaban J connectivity index is 3.17. The number of nitrogens with zero attached hydrogens (tertiary/aromatic N) is 1. The van der Waals surface area contributed by atoms with Gasteiger partial charge in [-0.3, -0.25) is 0 Å². The molecule has 0 fully saturated rings. The molecule has 0 heterocycles. The molecule has 2 nitrogen and oxygen atoms in total. The molecule has 2 heteroatoms. The second-order valence-corrected chi connectivity index (χ2v) is 2.83. The molecule has 1 aromatic carbocycles. The minimum absolute atomic E-state index is 0.621. The molecule has 0 saturated heterocycles. The van der Waals surface area contributed by atoms with Crippen molar-refractivity contribution in [3.05, 3.63) is 41.7 Å². The molecule has 0 aromatic heterocycles. The molecule has 1 rings (SSSR count). The van der Waals surface area contributed by atoms with Gasteiger partial charge in [0.25, 0.3) is 0 Å². The molecule has 0 saturated carbocycles. The summed E-state index contributed by atoms with van der Waals surface area (Å²) < 4.78 is 5.16. The van der Waals surface area contributed by atoms with Crippen LogP contribution in [-0.2, 0) is 4.74 Å². The summed E-state index contributed by atoms with van der Waals surface area (Å²) in [5, 5.41) is 9.02. The minimum atomic E-state index is 0.621. The first-order valence-electron chi connectivity index (χ1n) is 4.56. The highest BCUT2D eigenvalue weighted by atomic mass is 16.5. The van der Waals surface area contributed by atoms with E-state index in [2.05, 4.69) is 6.07 Å². The Morgan fingerprint density at radius 2 is 2.00 bits per heavy atom. The van der Waals surface area contributed by atoms with Crippen molar-refractivity contribution in [1.82, 2.24) is 0 Å². The number of nitriles is 1. The third kappa shape index (κ3) is 2.14. The van der Waals surface area contributed by atoms with Gasteiger partial charge in [-0.25, -0.2) is 0 Å². The van der Waals surface area contributed by atoms with E-state index in [0.29, 0.717) is 5.57 Å². The molecule has 0 aliphatic heterocycles. The molecule has 0 bridgehead atoms. The van der Waals surface area contributed by atoms with Gasteiger partial charge in [0.2, 0.25) is 0 Å². The van der Waals surface area contributed by atoms with Gasteiger partial charge in [-0.15, -0.1) is 0 Å². The largest absolute Gasteiger partial charge is 0.500 e. The predicted octanol–water partition coefficient (Wildman–Crippen LogP) is 2.98. The van der Waals surface area contributed by atoms with Gasteiger partial charge in [0.15, 0.2) is 0 Å². The number of hydrogen-bond acceptors (Lipinski definition) is 2. The normalized spacial score (nSPS) is 11.5. The zero-order valence-electron chi connectivity index (χ0n) is 8.45. The van der Waals surface area contributed by atoms with E-state index >= 15 is 0 Å². The van der Waals surface area contributed by atoms with Crippen LogP contribution in [0.1, 0.15) is 18.9 Å². The second-order valence-electron chi connectivity index (χ2n) is 2.83. The van der Waals surface area contributed by atoms with Gasteiger partial charge in [-0.1, -0.05) is 37.3 Å². The molecule has 72 valence electrons. The first-order valence-corrected chi connectivity index (χ1v) is 4.56. The lowest BCUT2D eigenvalue weighted by Crippen LogP contribution is -1.91. The van der Waals surface area contributed by atoms with E-state index in [1.807, 2.05) is 37.3 Å². The lowest BCUT2D eigenvalue weighted by molar-refractivity contribution is 0.283. The zero-order chi connectivity index (χ0) is 10.4. The van der Waals surface area contributed by atoms with Crippen molar-refractivity contribution in [1.29, 1.82) is 5.26 Å². The Morgan fingerprint density at radius 1 is 1.36 bits per heavy atom. The highest BCUT2D eigenvalue weighted by Crippen LogP contribution is 2.20. The topological polar surface area (TPSA) is 33.0 Å². The van der Waals surface area contributed by atoms with Gasteiger partial charge < -0.3 is 4.74 Å². The molecule has 0 atom stereocenters. The average Bonchev–Trinajstić information content (AvgIpc) is 2.27. The van der Waals surface area contributed by atoms with Crippen molar-refractivity contribution in [2.45, 2.75) is 13.3 Å². The van der Waals surface area contributed by atoms with Crippen molar-refractivity contribution in [3.63, 3.8) is 0 Å². The number of rotatable bonds is 3. The molecule has 0 aliphatic rings. The first-order chi connectivity index (χ1) is 6.83. The van der Waals surface area contributed by atoms with Gasteiger partial charge in [0.1, 0.15) is 11.8 Å². The van der Waals surface area contributed by atoms with E-state index in [1.54, 1.807) is 7.11 Å². The van der Waals surface area contributed by atoms with Crippen molar-refractivity contribution in [3.8, 4) is 6.07 Å². The van der Waals surface area contributed by atoms with Crippen LogP contribution in [0.15, 0.2) is 36.1 Å². The molecular formula is C12H13NO. The van der Waals surface area contributed by atoms with E-state index in [-0.39, 0.29) is 0 Å². The van der Waals surface area contributed by atoms with E-state index in [4.69, 9.17) is 10.00 Å². The summed E-state index contributed by atoms with van der Waals surface area (Å²) in [4.78, 5) is 0. The van der Waals surface area contributed by atoms with Crippen molar-refractivity contribution >= 4 is 5.57 Å². The van der Waals surface area contributed by atoms with E-state index in [0.717, 1.165) is 17.7 Å². The lowest BCUT2D eigenvalue weighted by Gasteiger charge is -2.06. The Kier molecular flexibility index (Phi) is 3.75. The van der Waals surface area contributed by atoms with Crippen LogP contribution in [0, 0.1) is 11.3 Å². The molecule has 0 radical (unpaired) electrons. The standard InChI is InChI=1S/C12H13NO/c1-3-12(14-2)11(9-13)10-7-5-4-6-8-10/h4-8H,3H2,1-2H3/b12-11+. The monoisotopic (exact) mass is 187 g/mol. The van der Waals surface area contributed by atoms with Crippen molar-refractivity contribution in [2.24, 2.45) is 0 Å². The zero-order valence-corrected chi connectivity index (χ0v) is 8.45. The Labute approximate surface area is 84.4 Å². The van der Waals surface area contributed by atoms with E-state index < -0.39 is 0 Å². The van der Waals surface area contributed by atoms with Gasteiger partial charge >= 0.3 is 0 Å². The maximum atomic E-state index is 9.02. The Hall–Kier alpha value is -1.75.